The number of unbranched alkanes of at least 4 members (excludes halogenated alkanes) is 1. The van der Waals surface area contributed by atoms with Crippen LogP contribution in [-0.2, 0) is 4.79 Å². The highest BCUT2D eigenvalue weighted by molar-refractivity contribution is 7.22. The fraction of sp³-hybridized carbons (Fsp3) is 0.385. The summed E-state index contributed by atoms with van der Waals surface area (Å²) in [5.74, 6) is 0.144. The topological polar surface area (TPSA) is 33.2 Å². The zero-order valence-corrected chi connectivity index (χ0v) is 11.0. The van der Waals surface area contributed by atoms with Crippen molar-refractivity contribution in [2.45, 2.75) is 26.2 Å². The van der Waals surface area contributed by atoms with E-state index >= 15 is 0 Å². The van der Waals surface area contributed by atoms with E-state index in [0.29, 0.717) is 6.42 Å². The minimum atomic E-state index is 0.144. The predicted molar refractivity (Wildman–Crippen MR) is 72.6 cm³/mol. The number of carbonyl (C=O) groups excluding carboxylic acids is 1. The van der Waals surface area contributed by atoms with Crippen LogP contribution in [0.25, 0.3) is 10.2 Å². The monoisotopic (exact) mass is 248 g/mol. The van der Waals surface area contributed by atoms with Crippen LogP contribution in [0.5, 0.6) is 0 Å². The van der Waals surface area contributed by atoms with Crippen LogP contribution in [0.4, 0.5) is 5.13 Å². The van der Waals surface area contributed by atoms with Gasteiger partial charge in [-0.15, -0.1) is 0 Å². The molecule has 0 fully saturated rings. The molecule has 1 aromatic heterocycles. The van der Waals surface area contributed by atoms with E-state index in [1.165, 1.54) is 0 Å². The average Bonchev–Trinajstić information content (AvgIpc) is 2.78. The van der Waals surface area contributed by atoms with Gasteiger partial charge in [-0.05, 0) is 18.6 Å². The Hall–Kier alpha value is -1.42. The van der Waals surface area contributed by atoms with Crippen molar-refractivity contribution >= 4 is 32.6 Å². The average molecular weight is 248 g/mol. The highest BCUT2D eigenvalue weighted by Gasteiger charge is 2.14. The summed E-state index contributed by atoms with van der Waals surface area (Å²) in [6.07, 6.45) is 2.58. The van der Waals surface area contributed by atoms with E-state index in [0.717, 1.165) is 28.2 Å². The minimum absolute atomic E-state index is 0.144. The summed E-state index contributed by atoms with van der Waals surface area (Å²) in [4.78, 5) is 18.0. The Kier molecular flexibility index (Phi) is 3.74. The maximum Gasteiger partial charge on any atom is 0.228 e. The number of rotatable bonds is 4. The number of thiazole rings is 1. The lowest BCUT2D eigenvalue weighted by Gasteiger charge is -2.12. The van der Waals surface area contributed by atoms with Gasteiger partial charge in [-0.25, -0.2) is 4.98 Å². The molecule has 0 aliphatic rings. The molecule has 1 amide bonds. The quantitative estimate of drug-likeness (QED) is 0.830. The van der Waals surface area contributed by atoms with E-state index in [9.17, 15) is 4.79 Å². The molecule has 1 aromatic carbocycles. The molecule has 17 heavy (non-hydrogen) atoms. The maximum absolute atomic E-state index is 11.9. The second-order valence-corrected chi connectivity index (χ2v) is 5.03. The second-order valence-electron chi connectivity index (χ2n) is 4.02. The van der Waals surface area contributed by atoms with Gasteiger partial charge in [0.2, 0.25) is 5.91 Å². The van der Waals surface area contributed by atoms with Crippen LogP contribution in [-0.4, -0.2) is 17.9 Å². The molecule has 1 heterocycles. The first-order chi connectivity index (χ1) is 8.22. The number of fused-ring (bicyclic) bond motifs is 1. The van der Waals surface area contributed by atoms with Crippen LogP contribution in [0, 0.1) is 0 Å². The lowest BCUT2D eigenvalue weighted by Crippen LogP contribution is -2.25. The van der Waals surface area contributed by atoms with Gasteiger partial charge in [0.25, 0.3) is 0 Å². The third-order valence-electron chi connectivity index (χ3n) is 2.69. The van der Waals surface area contributed by atoms with Gasteiger partial charge < -0.3 is 0 Å². The fourth-order valence-electron chi connectivity index (χ4n) is 1.61. The molecule has 0 bridgehead atoms. The number of aromatic nitrogens is 1. The summed E-state index contributed by atoms with van der Waals surface area (Å²) in [6.45, 7) is 2.09. The molecule has 0 saturated heterocycles. The van der Waals surface area contributed by atoms with Crippen molar-refractivity contribution in [2.75, 3.05) is 11.9 Å². The molecule has 4 heteroatoms. The fourth-order valence-corrected chi connectivity index (χ4v) is 2.55. The van der Waals surface area contributed by atoms with Crippen LogP contribution in [0.2, 0.25) is 0 Å². The van der Waals surface area contributed by atoms with Gasteiger partial charge in [0.1, 0.15) is 0 Å². The molecule has 0 radical (unpaired) electrons. The van der Waals surface area contributed by atoms with Crippen LogP contribution in [0.15, 0.2) is 24.3 Å². The highest BCUT2D eigenvalue weighted by Crippen LogP contribution is 2.28. The van der Waals surface area contributed by atoms with Gasteiger partial charge >= 0.3 is 0 Å². The summed E-state index contributed by atoms with van der Waals surface area (Å²) in [5, 5.41) is 0.785. The van der Waals surface area contributed by atoms with E-state index in [4.69, 9.17) is 0 Å². The first-order valence-corrected chi connectivity index (χ1v) is 6.66. The van der Waals surface area contributed by atoms with Crippen LogP contribution >= 0.6 is 11.3 Å². The first-order valence-electron chi connectivity index (χ1n) is 5.84. The second kappa shape index (κ2) is 5.27. The van der Waals surface area contributed by atoms with E-state index in [1.54, 1.807) is 23.3 Å². The number of amides is 1. The molecule has 0 unspecified atom stereocenters. The Balaban J connectivity index is 2.18. The lowest BCUT2D eigenvalue weighted by atomic mass is 10.2. The standard InChI is InChI=1S/C13H16N2OS/c1-3-4-9-12(16)15(2)13-14-10-7-5-6-8-11(10)17-13/h5-8H,3-4,9H2,1-2H3. The van der Waals surface area contributed by atoms with Gasteiger partial charge in [0, 0.05) is 13.5 Å². The maximum atomic E-state index is 11.9. The third kappa shape index (κ3) is 2.64. The predicted octanol–water partition coefficient (Wildman–Crippen LogP) is 3.45. The molecule has 0 aliphatic heterocycles. The summed E-state index contributed by atoms with van der Waals surface area (Å²) in [6, 6.07) is 7.95. The Morgan fingerprint density at radius 2 is 2.18 bits per heavy atom. The van der Waals surface area contributed by atoms with Gasteiger partial charge in [0.05, 0.1) is 10.2 Å². The van der Waals surface area contributed by atoms with E-state index < -0.39 is 0 Å². The molecule has 0 spiro atoms. The summed E-state index contributed by atoms with van der Waals surface area (Å²) >= 11 is 1.56. The molecule has 3 nitrogen and oxygen atoms in total. The largest absolute Gasteiger partial charge is 0.291 e. The van der Waals surface area contributed by atoms with E-state index in [1.807, 2.05) is 24.3 Å². The number of hydrogen-bond acceptors (Lipinski definition) is 3. The lowest BCUT2D eigenvalue weighted by molar-refractivity contribution is -0.118. The van der Waals surface area contributed by atoms with Crippen LogP contribution in [0.1, 0.15) is 26.2 Å². The number of benzene rings is 1. The summed E-state index contributed by atoms with van der Waals surface area (Å²) < 4.78 is 1.12. The Labute approximate surface area is 105 Å². The van der Waals surface area contributed by atoms with Gasteiger partial charge in [-0.1, -0.05) is 36.8 Å². The molecule has 0 saturated carbocycles. The molecular weight excluding hydrogens is 232 g/mol. The molecule has 0 atom stereocenters. The summed E-state index contributed by atoms with van der Waals surface area (Å²) in [7, 11) is 1.80. The Bertz CT molecular complexity index is 488. The number of carbonyl (C=O) groups is 1. The van der Waals surface area contributed by atoms with Crippen molar-refractivity contribution in [3.05, 3.63) is 24.3 Å². The zero-order valence-electron chi connectivity index (χ0n) is 10.1. The van der Waals surface area contributed by atoms with Crippen molar-refractivity contribution in [3.8, 4) is 0 Å². The SMILES string of the molecule is CCCCC(=O)N(C)c1nc2ccccc2s1. The highest BCUT2D eigenvalue weighted by atomic mass is 32.1. The number of anilines is 1. The molecule has 0 aliphatic carbocycles. The Morgan fingerprint density at radius 3 is 2.88 bits per heavy atom. The third-order valence-corrected chi connectivity index (χ3v) is 3.80. The molecular formula is C13H16N2OS. The molecule has 0 N–H and O–H groups in total. The van der Waals surface area contributed by atoms with Crippen molar-refractivity contribution in [3.63, 3.8) is 0 Å². The van der Waals surface area contributed by atoms with Crippen LogP contribution in [0.3, 0.4) is 0 Å². The van der Waals surface area contributed by atoms with Crippen LogP contribution < -0.4 is 4.90 Å². The van der Waals surface area contributed by atoms with Gasteiger partial charge in [0.15, 0.2) is 5.13 Å². The Morgan fingerprint density at radius 1 is 1.41 bits per heavy atom. The van der Waals surface area contributed by atoms with Gasteiger partial charge in [-0.2, -0.15) is 0 Å². The van der Waals surface area contributed by atoms with Crippen molar-refractivity contribution in [1.82, 2.24) is 4.98 Å². The first kappa shape index (κ1) is 12.0. The molecule has 2 aromatic rings. The smallest absolute Gasteiger partial charge is 0.228 e. The van der Waals surface area contributed by atoms with E-state index in [-0.39, 0.29) is 5.91 Å². The van der Waals surface area contributed by atoms with Gasteiger partial charge in [-0.3, -0.25) is 9.69 Å². The minimum Gasteiger partial charge on any atom is -0.291 e. The van der Waals surface area contributed by atoms with Crippen molar-refractivity contribution < 1.29 is 4.79 Å². The number of para-hydroxylation sites is 1. The van der Waals surface area contributed by atoms with E-state index in [2.05, 4.69) is 11.9 Å². The van der Waals surface area contributed by atoms with Crippen molar-refractivity contribution in [2.24, 2.45) is 0 Å². The zero-order chi connectivity index (χ0) is 12.3. The number of hydrogen-bond donors (Lipinski definition) is 0. The van der Waals surface area contributed by atoms with Crippen molar-refractivity contribution in [1.29, 1.82) is 0 Å². The molecule has 90 valence electrons. The normalized spacial score (nSPS) is 10.7. The number of nitrogens with zero attached hydrogens (tertiary/aromatic N) is 2. The summed E-state index contributed by atoms with van der Waals surface area (Å²) in [5.41, 5.74) is 0.961. The molecule has 2 rings (SSSR count).